The third kappa shape index (κ3) is 1.55. The maximum absolute atomic E-state index is 11.4. The molecule has 0 aromatic carbocycles. The van der Waals surface area contributed by atoms with Crippen LogP contribution < -0.4 is 0 Å². The van der Waals surface area contributed by atoms with Gasteiger partial charge in [0.1, 0.15) is 5.78 Å². The second-order valence-electron chi connectivity index (χ2n) is 4.26. The summed E-state index contributed by atoms with van der Waals surface area (Å²) in [6.45, 7) is 2.11. The van der Waals surface area contributed by atoms with Crippen LogP contribution in [0.4, 0.5) is 0 Å². The van der Waals surface area contributed by atoms with Crippen molar-refractivity contribution < 1.29 is 9.90 Å². The van der Waals surface area contributed by atoms with Crippen LogP contribution in [-0.2, 0) is 4.79 Å². The van der Waals surface area contributed by atoms with Gasteiger partial charge in [-0.3, -0.25) is 4.79 Å². The Hall–Kier alpha value is -0.630. The summed E-state index contributed by atoms with van der Waals surface area (Å²) in [5.74, 6) is 0.482. The average molecular weight is 180 g/mol. The summed E-state index contributed by atoms with van der Waals surface area (Å²) in [6.07, 6.45) is 3.77. The molecule has 0 aromatic heterocycles. The Balaban J connectivity index is 2.28. The standard InChI is InChI=1S/C11H16O2/c1-7-2-3-8(12)6-10-9(7)4-5-11(10)13/h10-11,13H,2-6H2,1H3. The van der Waals surface area contributed by atoms with Crippen LogP contribution in [0.1, 0.15) is 39.0 Å². The lowest BCUT2D eigenvalue weighted by Crippen LogP contribution is -2.17. The number of ketones is 1. The van der Waals surface area contributed by atoms with E-state index in [0.29, 0.717) is 18.6 Å². The van der Waals surface area contributed by atoms with Crippen molar-refractivity contribution in [1.29, 1.82) is 0 Å². The van der Waals surface area contributed by atoms with Crippen LogP contribution in [0.25, 0.3) is 0 Å². The zero-order chi connectivity index (χ0) is 9.42. The Kier molecular flexibility index (Phi) is 2.24. The molecule has 1 fully saturated rings. The number of Topliss-reactive ketones (excluding diaryl/α,β-unsaturated/α-hetero) is 1. The summed E-state index contributed by atoms with van der Waals surface area (Å²) >= 11 is 0. The van der Waals surface area contributed by atoms with E-state index in [-0.39, 0.29) is 12.0 Å². The molecule has 0 spiro atoms. The van der Waals surface area contributed by atoms with Crippen molar-refractivity contribution in [3.8, 4) is 0 Å². The van der Waals surface area contributed by atoms with Crippen molar-refractivity contribution >= 4 is 5.78 Å². The van der Waals surface area contributed by atoms with Gasteiger partial charge in [0.25, 0.3) is 0 Å². The molecule has 0 saturated heterocycles. The fourth-order valence-electron chi connectivity index (χ4n) is 2.55. The molecule has 72 valence electrons. The van der Waals surface area contributed by atoms with Crippen LogP contribution in [-0.4, -0.2) is 17.0 Å². The van der Waals surface area contributed by atoms with Gasteiger partial charge in [0, 0.05) is 18.8 Å². The van der Waals surface area contributed by atoms with Gasteiger partial charge < -0.3 is 5.11 Å². The first-order valence-electron chi connectivity index (χ1n) is 5.07. The second kappa shape index (κ2) is 3.26. The van der Waals surface area contributed by atoms with E-state index in [1.54, 1.807) is 0 Å². The van der Waals surface area contributed by atoms with Gasteiger partial charge in [-0.05, 0) is 26.2 Å². The summed E-state index contributed by atoms with van der Waals surface area (Å²) in [6, 6.07) is 0. The van der Waals surface area contributed by atoms with Crippen molar-refractivity contribution in [2.24, 2.45) is 5.92 Å². The summed E-state index contributed by atoms with van der Waals surface area (Å²) in [4.78, 5) is 11.4. The van der Waals surface area contributed by atoms with Crippen molar-refractivity contribution in [2.75, 3.05) is 0 Å². The average Bonchev–Trinajstić information content (AvgIpc) is 2.37. The first-order chi connectivity index (χ1) is 6.18. The molecule has 2 heteroatoms. The minimum Gasteiger partial charge on any atom is -0.392 e. The van der Waals surface area contributed by atoms with Crippen LogP contribution >= 0.6 is 0 Å². The number of fused-ring (bicyclic) bond motifs is 1. The van der Waals surface area contributed by atoms with Crippen LogP contribution in [0.3, 0.4) is 0 Å². The zero-order valence-corrected chi connectivity index (χ0v) is 8.05. The van der Waals surface area contributed by atoms with E-state index >= 15 is 0 Å². The van der Waals surface area contributed by atoms with Gasteiger partial charge in [-0.2, -0.15) is 0 Å². The van der Waals surface area contributed by atoms with E-state index in [1.807, 2.05) is 0 Å². The Morgan fingerprint density at radius 3 is 2.85 bits per heavy atom. The summed E-state index contributed by atoms with van der Waals surface area (Å²) in [5.41, 5.74) is 2.73. The zero-order valence-electron chi connectivity index (χ0n) is 8.05. The molecule has 2 unspecified atom stereocenters. The predicted octanol–water partition coefficient (Wildman–Crippen LogP) is 1.83. The highest BCUT2D eigenvalue weighted by Gasteiger charge is 2.34. The Morgan fingerprint density at radius 1 is 1.31 bits per heavy atom. The largest absolute Gasteiger partial charge is 0.392 e. The van der Waals surface area contributed by atoms with Gasteiger partial charge in [-0.15, -0.1) is 0 Å². The fourth-order valence-corrected chi connectivity index (χ4v) is 2.55. The monoisotopic (exact) mass is 180 g/mol. The third-order valence-corrected chi connectivity index (χ3v) is 3.40. The number of hydrogen-bond donors (Lipinski definition) is 1. The Morgan fingerprint density at radius 2 is 2.08 bits per heavy atom. The predicted molar refractivity (Wildman–Crippen MR) is 50.3 cm³/mol. The van der Waals surface area contributed by atoms with Crippen LogP contribution in [0.15, 0.2) is 11.1 Å². The van der Waals surface area contributed by atoms with Gasteiger partial charge in [0.15, 0.2) is 0 Å². The van der Waals surface area contributed by atoms with Gasteiger partial charge in [-0.25, -0.2) is 0 Å². The molecule has 2 nitrogen and oxygen atoms in total. The van der Waals surface area contributed by atoms with Gasteiger partial charge in [0.2, 0.25) is 0 Å². The first-order valence-corrected chi connectivity index (χ1v) is 5.07. The second-order valence-corrected chi connectivity index (χ2v) is 4.26. The molecular formula is C11H16O2. The highest BCUT2D eigenvalue weighted by molar-refractivity contribution is 5.80. The number of aliphatic hydroxyl groups excluding tert-OH is 1. The van der Waals surface area contributed by atoms with E-state index in [9.17, 15) is 9.90 Å². The van der Waals surface area contributed by atoms with Crippen molar-refractivity contribution in [2.45, 2.75) is 45.1 Å². The molecule has 2 rings (SSSR count). The molecule has 0 bridgehead atoms. The molecule has 13 heavy (non-hydrogen) atoms. The highest BCUT2D eigenvalue weighted by Crippen LogP contribution is 2.39. The van der Waals surface area contributed by atoms with E-state index < -0.39 is 0 Å². The number of carbonyl (C=O) groups is 1. The number of carbonyl (C=O) groups excluding carboxylic acids is 1. The number of hydrogen-bond acceptors (Lipinski definition) is 2. The Labute approximate surface area is 78.6 Å². The molecule has 2 aliphatic rings. The minimum absolute atomic E-state index is 0.162. The Bertz CT molecular complexity index is 265. The number of allylic oxidation sites excluding steroid dienone is 1. The van der Waals surface area contributed by atoms with Crippen LogP contribution in [0, 0.1) is 5.92 Å². The van der Waals surface area contributed by atoms with Crippen LogP contribution in [0.5, 0.6) is 0 Å². The fraction of sp³-hybridized carbons (Fsp3) is 0.727. The van der Waals surface area contributed by atoms with Gasteiger partial charge in [0.05, 0.1) is 6.10 Å². The van der Waals surface area contributed by atoms with Crippen LogP contribution in [0.2, 0.25) is 0 Å². The molecule has 0 aliphatic heterocycles. The van der Waals surface area contributed by atoms with Crippen molar-refractivity contribution in [3.63, 3.8) is 0 Å². The number of rotatable bonds is 0. The first kappa shape index (κ1) is 8.95. The highest BCUT2D eigenvalue weighted by atomic mass is 16.3. The molecule has 0 aromatic rings. The minimum atomic E-state index is -0.257. The quantitative estimate of drug-likeness (QED) is 0.577. The molecule has 0 amide bonds. The van der Waals surface area contributed by atoms with E-state index in [2.05, 4.69) is 6.92 Å². The maximum atomic E-state index is 11.4. The lowest BCUT2D eigenvalue weighted by Gasteiger charge is -2.14. The normalized spacial score (nSPS) is 34.8. The lowest BCUT2D eigenvalue weighted by atomic mass is 9.94. The van der Waals surface area contributed by atoms with E-state index in [1.165, 1.54) is 11.1 Å². The lowest BCUT2D eigenvalue weighted by molar-refractivity contribution is -0.120. The van der Waals surface area contributed by atoms with Crippen molar-refractivity contribution in [1.82, 2.24) is 0 Å². The topological polar surface area (TPSA) is 37.3 Å². The number of aliphatic hydroxyl groups is 1. The van der Waals surface area contributed by atoms with E-state index in [4.69, 9.17) is 0 Å². The molecule has 0 radical (unpaired) electrons. The maximum Gasteiger partial charge on any atom is 0.133 e. The summed E-state index contributed by atoms with van der Waals surface area (Å²) in [5, 5.41) is 9.70. The van der Waals surface area contributed by atoms with Crippen molar-refractivity contribution in [3.05, 3.63) is 11.1 Å². The molecular weight excluding hydrogens is 164 g/mol. The summed E-state index contributed by atoms with van der Waals surface area (Å²) in [7, 11) is 0. The van der Waals surface area contributed by atoms with Gasteiger partial charge >= 0.3 is 0 Å². The van der Waals surface area contributed by atoms with Gasteiger partial charge in [-0.1, -0.05) is 11.1 Å². The molecule has 1 N–H and O–H groups in total. The molecule has 2 atom stereocenters. The molecule has 1 saturated carbocycles. The summed E-state index contributed by atoms with van der Waals surface area (Å²) < 4.78 is 0. The SMILES string of the molecule is CC1=C2CCC(O)C2CC(=O)CC1. The molecule has 0 heterocycles. The van der Waals surface area contributed by atoms with E-state index in [0.717, 1.165) is 19.3 Å². The third-order valence-electron chi connectivity index (χ3n) is 3.40. The molecule has 2 aliphatic carbocycles. The smallest absolute Gasteiger partial charge is 0.133 e.